The largest absolute Gasteiger partial charge is 0.385 e. The molecule has 14 heavy (non-hydrogen) atoms. The number of hydrogen-bond donors (Lipinski definition) is 2. The van der Waals surface area contributed by atoms with Crippen molar-refractivity contribution in [3.63, 3.8) is 0 Å². The smallest absolute Gasteiger partial charge is 0.153 e. The van der Waals surface area contributed by atoms with Gasteiger partial charge in [-0.3, -0.25) is 5.10 Å². The first kappa shape index (κ1) is 8.90. The van der Waals surface area contributed by atoms with Gasteiger partial charge < -0.3 is 5.11 Å². The Labute approximate surface area is 81.6 Å². The van der Waals surface area contributed by atoms with Crippen LogP contribution in [0.1, 0.15) is 17.5 Å². The third kappa shape index (κ3) is 1.97. The molecule has 0 spiro atoms. The Morgan fingerprint density at radius 3 is 2.71 bits per heavy atom. The minimum atomic E-state index is -0.611. The molecule has 0 saturated heterocycles. The minimum Gasteiger partial charge on any atom is -0.385 e. The molecule has 0 amide bonds. The minimum absolute atomic E-state index is 0.508. The summed E-state index contributed by atoms with van der Waals surface area (Å²) >= 11 is 0. The summed E-state index contributed by atoms with van der Waals surface area (Å²) in [5, 5.41) is 16.1. The Hall–Kier alpha value is -1.68. The lowest BCUT2D eigenvalue weighted by atomic mass is 10.1. The van der Waals surface area contributed by atoms with Gasteiger partial charge in [-0.1, -0.05) is 30.3 Å². The van der Waals surface area contributed by atoms with Crippen LogP contribution in [-0.2, 0) is 6.42 Å². The molecule has 1 unspecified atom stereocenters. The standard InChI is InChI=1S/C10H11N3O/c14-9(10-11-7-12-13-10)6-8-4-2-1-3-5-8/h1-5,7,9,14H,6H2,(H,11,12,13). The molecule has 1 heterocycles. The molecule has 1 atom stereocenters. The van der Waals surface area contributed by atoms with Crippen molar-refractivity contribution in [2.45, 2.75) is 12.5 Å². The highest BCUT2D eigenvalue weighted by molar-refractivity contribution is 5.16. The third-order valence-electron chi connectivity index (χ3n) is 2.02. The molecule has 2 N–H and O–H groups in total. The number of benzene rings is 1. The monoisotopic (exact) mass is 189 g/mol. The Kier molecular flexibility index (Phi) is 2.55. The molecule has 2 rings (SSSR count). The second-order valence-corrected chi connectivity index (χ2v) is 3.08. The summed E-state index contributed by atoms with van der Waals surface area (Å²) < 4.78 is 0. The van der Waals surface area contributed by atoms with Crippen LogP contribution >= 0.6 is 0 Å². The number of nitrogens with one attached hydrogen (secondary N) is 1. The number of hydrogen-bond acceptors (Lipinski definition) is 3. The van der Waals surface area contributed by atoms with Crippen LogP contribution in [0, 0.1) is 0 Å². The maximum atomic E-state index is 9.73. The molecule has 0 saturated carbocycles. The average molecular weight is 189 g/mol. The van der Waals surface area contributed by atoms with Crippen molar-refractivity contribution in [3.05, 3.63) is 48.0 Å². The second kappa shape index (κ2) is 4.02. The van der Waals surface area contributed by atoms with Crippen LogP contribution in [0.4, 0.5) is 0 Å². The molecule has 0 bridgehead atoms. The van der Waals surface area contributed by atoms with Crippen molar-refractivity contribution in [1.29, 1.82) is 0 Å². The van der Waals surface area contributed by atoms with Crippen molar-refractivity contribution in [3.8, 4) is 0 Å². The number of H-pyrrole nitrogens is 1. The van der Waals surface area contributed by atoms with Crippen LogP contribution in [-0.4, -0.2) is 20.3 Å². The van der Waals surface area contributed by atoms with Crippen LogP contribution in [0.2, 0.25) is 0 Å². The Morgan fingerprint density at radius 1 is 1.29 bits per heavy atom. The van der Waals surface area contributed by atoms with Gasteiger partial charge in [0.15, 0.2) is 5.82 Å². The molecular formula is C10H11N3O. The second-order valence-electron chi connectivity index (χ2n) is 3.08. The maximum absolute atomic E-state index is 9.73. The zero-order valence-corrected chi connectivity index (χ0v) is 7.59. The summed E-state index contributed by atoms with van der Waals surface area (Å²) in [7, 11) is 0. The van der Waals surface area contributed by atoms with E-state index < -0.39 is 6.10 Å². The average Bonchev–Trinajstić information content (AvgIpc) is 2.72. The van der Waals surface area contributed by atoms with Gasteiger partial charge in [-0.05, 0) is 5.56 Å². The number of aliphatic hydroxyl groups is 1. The molecule has 0 fully saturated rings. The molecule has 0 aliphatic carbocycles. The number of aliphatic hydroxyl groups excluding tert-OH is 1. The van der Waals surface area contributed by atoms with Gasteiger partial charge in [0, 0.05) is 6.42 Å². The molecular weight excluding hydrogens is 178 g/mol. The SMILES string of the molecule is OC(Cc1ccccc1)c1ncn[nH]1. The van der Waals surface area contributed by atoms with E-state index in [1.54, 1.807) is 0 Å². The zero-order valence-electron chi connectivity index (χ0n) is 7.59. The summed E-state index contributed by atoms with van der Waals surface area (Å²) in [5.74, 6) is 0.508. The highest BCUT2D eigenvalue weighted by atomic mass is 16.3. The molecule has 4 nitrogen and oxygen atoms in total. The van der Waals surface area contributed by atoms with Crippen LogP contribution in [0.5, 0.6) is 0 Å². The van der Waals surface area contributed by atoms with Gasteiger partial charge in [0.1, 0.15) is 12.4 Å². The van der Waals surface area contributed by atoms with Gasteiger partial charge in [-0.2, -0.15) is 5.10 Å². The first-order chi connectivity index (χ1) is 6.86. The lowest BCUT2D eigenvalue weighted by molar-refractivity contribution is 0.169. The van der Waals surface area contributed by atoms with Gasteiger partial charge in [0.2, 0.25) is 0 Å². The van der Waals surface area contributed by atoms with E-state index in [1.807, 2.05) is 30.3 Å². The van der Waals surface area contributed by atoms with Crippen LogP contribution in [0.15, 0.2) is 36.7 Å². The van der Waals surface area contributed by atoms with Crippen molar-refractivity contribution >= 4 is 0 Å². The van der Waals surface area contributed by atoms with Gasteiger partial charge in [0.05, 0.1) is 0 Å². The fourth-order valence-electron chi connectivity index (χ4n) is 1.31. The number of rotatable bonds is 3. The van der Waals surface area contributed by atoms with E-state index in [0.29, 0.717) is 12.2 Å². The van der Waals surface area contributed by atoms with Crippen LogP contribution in [0.25, 0.3) is 0 Å². The van der Waals surface area contributed by atoms with Crippen molar-refractivity contribution < 1.29 is 5.11 Å². The highest BCUT2D eigenvalue weighted by Crippen LogP contribution is 2.13. The number of aromatic amines is 1. The Balaban J connectivity index is 2.06. The van der Waals surface area contributed by atoms with E-state index in [0.717, 1.165) is 5.56 Å². The van der Waals surface area contributed by atoms with E-state index >= 15 is 0 Å². The quantitative estimate of drug-likeness (QED) is 0.759. The van der Waals surface area contributed by atoms with Crippen LogP contribution < -0.4 is 0 Å². The lowest BCUT2D eigenvalue weighted by Gasteiger charge is -2.06. The third-order valence-corrected chi connectivity index (χ3v) is 2.02. The fraction of sp³-hybridized carbons (Fsp3) is 0.200. The van der Waals surface area contributed by atoms with E-state index in [9.17, 15) is 5.11 Å². The summed E-state index contributed by atoms with van der Waals surface area (Å²) in [6.07, 6.45) is 1.33. The van der Waals surface area contributed by atoms with Gasteiger partial charge >= 0.3 is 0 Å². The zero-order chi connectivity index (χ0) is 9.80. The molecule has 0 radical (unpaired) electrons. The molecule has 1 aromatic carbocycles. The van der Waals surface area contributed by atoms with Crippen LogP contribution in [0.3, 0.4) is 0 Å². The summed E-state index contributed by atoms with van der Waals surface area (Å²) in [5.41, 5.74) is 1.08. The van der Waals surface area contributed by atoms with E-state index in [2.05, 4.69) is 15.2 Å². The molecule has 4 heteroatoms. The highest BCUT2D eigenvalue weighted by Gasteiger charge is 2.10. The number of nitrogens with zero attached hydrogens (tertiary/aromatic N) is 2. The molecule has 2 aromatic rings. The summed E-state index contributed by atoms with van der Waals surface area (Å²) in [6.45, 7) is 0. The summed E-state index contributed by atoms with van der Waals surface area (Å²) in [6, 6.07) is 9.79. The molecule has 0 aliphatic heterocycles. The topological polar surface area (TPSA) is 61.8 Å². The Bertz CT molecular complexity index is 372. The molecule has 1 aromatic heterocycles. The predicted octanol–water partition coefficient (Wildman–Crippen LogP) is 1.08. The van der Waals surface area contributed by atoms with Crippen molar-refractivity contribution in [1.82, 2.24) is 15.2 Å². The first-order valence-corrected chi connectivity index (χ1v) is 4.43. The van der Waals surface area contributed by atoms with Gasteiger partial charge in [-0.25, -0.2) is 4.98 Å². The predicted molar refractivity (Wildman–Crippen MR) is 51.5 cm³/mol. The van der Waals surface area contributed by atoms with Crippen molar-refractivity contribution in [2.24, 2.45) is 0 Å². The number of aromatic nitrogens is 3. The molecule has 0 aliphatic rings. The van der Waals surface area contributed by atoms with E-state index in [1.165, 1.54) is 6.33 Å². The van der Waals surface area contributed by atoms with E-state index in [-0.39, 0.29) is 0 Å². The van der Waals surface area contributed by atoms with E-state index in [4.69, 9.17) is 0 Å². The lowest BCUT2D eigenvalue weighted by Crippen LogP contribution is -2.03. The van der Waals surface area contributed by atoms with Gasteiger partial charge in [0.25, 0.3) is 0 Å². The Morgan fingerprint density at radius 2 is 2.07 bits per heavy atom. The first-order valence-electron chi connectivity index (χ1n) is 4.43. The van der Waals surface area contributed by atoms with Crippen molar-refractivity contribution in [2.75, 3.05) is 0 Å². The molecule has 72 valence electrons. The normalized spacial score (nSPS) is 12.6. The van der Waals surface area contributed by atoms with Gasteiger partial charge in [-0.15, -0.1) is 0 Å². The maximum Gasteiger partial charge on any atom is 0.153 e. The fourth-order valence-corrected chi connectivity index (χ4v) is 1.31. The summed E-state index contributed by atoms with van der Waals surface area (Å²) in [4.78, 5) is 3.90.